The summed E-state index contributed by atoms with van der Waals surface area (Å²) in [6.45, 7) is 27.3. The third-order valence-corrected chi connectivity index (χ3v) is 9.47. The Balaban J connectivity index is 0.000000332. The average molecular weight is 588 g/mol. The lowest BCUT2D eigenvalue weighted by molar-refractivity contribution is -0.929. The van der Waals surface area contributed by atoms with Gasteiger partial charge in [-0.1, -0.05) is 141 Å². The van der Waals surface area contributed by atoms with E-state index in [9.17, 15) is 0 Å². The molecule has 0 aliphatic carbocycles. The molecule has 43 heavy (non-hydrogen) atoms. The summed E-state index contributed by atoms with van der Waals surface area (Å²) in [5, 5.41) is 0. The maximum atomic E-state index is 17.4. The van der Waals surface area contributed by atoms with Crippen LogP contribution < -0.4 is 16.4 Å². The molecule has 3 aromatic carbocycles. The number of quaternary nitrogens is 1. The number of hydrogen-bond acceptors (Lipinski definition) is 0. The molecule has 3 heteroatoms. The fourth-order valence-electron chi connectivity index (χ4n) is 7.48. The summed E-state index contributed by atoms with van der Waals surface area (Å²) in [6.07, 6.45) is 8.52. The van der Waals surface area contributed by atoms with Crippen molar-refractivity contribution in [3.8, 4) is 0 Å². The molecule has 0 unspecified atom stereocenters. The maximum absolute atomic E-state index is 17.4. The molecule has 0 saturated heterocycles. The predicted molar refractivity (Wildman–Crippen MR) is 193 cm³/mol. The summed E-state index contributed by atoms with van der Waals surface area (Å²) >= 11 is 0. The Morgan fingerprint density at radius 3 is 1.09 bits per heavy atom. The van der Waals surface area contributed by atoms with Gasteiger partial charge in [0.15, 0.2) is 0 Å². The van der Waals surface area contributed by atoms with E-state index in [0.717, 1.165) is 38.6 Å². The fraction of sp³-hybridized carbons (Fsp3) is 0.550. The standard InChI is InChI=1S/C24H27BF.C16H36N/c1-16-12-18(3)23(19(4)13-16)25(26,22-10-8-7-9-11-22)24-20(5)14-17(2)15-21(24)6;1-5-9-13-17(14-10-6-2,15-11-7-3)16-12-8-4/h7-15H,1-6H3;5-16H2,1-4H3/q-1;+1. The molecule has 3 aromatic rings. The molecule has 0 saturated carbocycles. The highest BCUT2D eigenvalue weighted by molar-refractivity contribution is 7.07. The second-order valence-corrected chi connectivity index (χ2v) is 13.4. The number of halogens is 1. The molecular weight excluding hydrogens is 524 g/mol. The van der Waals surface area contributed by atoms with Gasteiger partial charge in [0.05, 0.1) is 26.2 Å². The van der Waals surface area contributed by atoms with Gasteiger partial charge in [0.1, 0.15) is 0 Å². The predicted octanol–water partition coefficient (Wildman–Crippen LogP) is 9.48. The van der Waals surface area contributed by atoms with Gasteiger partial charge in [-0.25, -0.2) is 0 Å². The van der Waals surface area contributed by atoms with Crippen LogP contribution >= 0.6 is 0 Å². The number of nitrogens with zero attached hydrogens (tertiary/aromatic N) is 1. The highest BCUT2D eigenvalue weighted by atomic mass is 19.1. The van der Waals surface area contributed by atoms with E-state index in [0.29, 0.717) is 0 Å². The van der Waals surface area contributed by atoms with Gasteiger partial charge in [-0.05, 0) is 67.2 Å². The van der Waals surface area contributed by atoms with E-state index >= 15 is 4.32 Å². The van der Waals surface area contributed by atoms with Crippen molar-refractivity contribution in [1.82, 2.24) is 0 Å². The number of rotatable bonds is 15. The molecule has 1 nitrogen and oxygen atoms in total. The lowest BCUT2D eigenvalue weighted by Crippen LogP contribution is -2.66. The van der Waals surface area contributed by atoms with Crippen molar-refractivity contribution in [1.29, 1.82) is 0 Å². The number of hydrogen-bond donors (Lipinski definition) is 0. The summed E-state index contributed by atoms with van der Waals surface area (Å²) in [6, 6.07) is 18.1. The van der Waals surface area contributed by atoms with Crippen LogP contribution in [-0.2, 0) is 0 Å². The van der Waals surface area contributed by atoms with Crippen molar-refractivity contribution in [3.63, 3.8) is 0 Å². The first-order valence-electron chi connectivity index (χ1n) is 17.4. The third-order valence-electron chi connectivity index (χ3n) is 9.47. The van der Waals surface area contributed by atoms with Crippen molar-refractivity contribution in [3.05, 3.63) is 88.0 Å². The molecule has 0 fully saturated rings. The average Bonchev–Trinajstić information content (AvgIpc) is 2.96. The zero-order valence-electron chi connectivity index (χ0n) is 29.6. The molecule has 0 heterocycles. The minimum atomic E-state index is -2.54. The van der Waals surface area contributed by atoms with Gasteiger partial charge in [0.25, 0.3) is 0 Å². The Hall–Kier alpha value is -2.39. The third kappa shape index (κ3) is 9.80. The van der Waals surface area contributed by atoms with Gasteiger partial charge in [-0.15, -0.1) is 0 Å². The summed E-state index contributed by atoms with van der Waals surface area (Å²) in [7, 11) is 0. The molecule has 3 rings (SSSR count). The van der Waals surface area contributed by atoms with Crippen molar-refractivity contribution >= 4 is 22.8 Å². The summed E-state index contributed by atoms with van der Waals surface area (Å²) in [5.74, 6) is 0. The molecule has 0 N–H and O–H groups in total. The van der Waals surface area contributed by atoms with E-state index in [1.807, 2.05) is 58.0 Å². The Morgan fingerprint density at radius 1 is 0.512 bits per heavy atom. The number of aryl methyl sites for hydroxylation is 6. The second kappa shape index (κ2) is 17.8. The Bertz CT molecular complexity index is 1110. The second-order valence-electron chi connectivity index (χ2n) is 13.4. The van der Waals surface area contributed by atoms with Gasteiger partial charge in [-0.3, -0.25) is 0 Å². The quantitative estimate of drug-likeness (QED) is 0.123. The highest BCUT2D eigenvalue weighted by Gasteiger charge is 2.34. The molecule has 238 valence electrons. The smallest absolute Gasteiger partial charge is 0.235 e. The van der Waals surface area contributed by atoms with E-state index in [2.05, 4.69) is 65.8 Å². The molecule has 0 spiro atoms. The summed E-state index contributed by atoms with van der Waals surface area (Å²) < 4.78 is 18.8. The first kappa shape index (κ1) is 36.8. The topological polar surface area (TPSA) is 0 Å². The molecule has 0 radical (unpaired) electrons. The van der Waals surface area contributed by atoms with Gasteiger partial charge in [0.2, 0.25) is 6.42 Å². The molecular formula is C40H63BFN. The van der Waals surface area contributed by atoms with Crippen LogP contribution in [0.15, 0.2) is 54.6 Å². The summed E-state index contributed by atoms with van der Waals surface area (Å²) in [4.78, 5) is 0. The minimum Gasteiger partial charge on any atom is -0.498 e. The van der Waals surface area contributed by atoms with Crippen LogP contribution in [0, 0.1) is 41.5 Å². The zero-order chi connectivity index (χ0) is 32.0. The molecule has 0 aromatic heterocycles. The van der Waals surface area contributed by atoms with Crippen LogP contribution in [0.2, 0.25) is 0 Å². The van der Waals surface area contributed by atoms with Gasteiger partial charge < -0.3 is 8.80 Å². The van der Waals surface area contributed by atoms with Crippen molar-refractivity contribution in [2.24, 2.45) is 0 Å². The van der Waals surface area contributed by atoms with Crippen molar-refractivity contribution < 1.29 is 8.80 Å². The van der Waals surface area contributed by atoms with E-state index in [-0.39, 0.29) is 0 Å². The van der Waals surface area contributed by atoms with E-state index in [4.69, 9.17) is 0 Å². The number of benzene rings is 3. The normalized spacial score (nSPS) is 11.8. The Kier molecular flexibility index (Phi) is 15.2. The van der Waals surface area contributed by atoms with Crippen molar-refractivity contribution in [2.45, 2.75) is 121 Å². The van der Waals surface area contributed by atoms with Crippen LogP contribution in [-0.4, -0.2) is 37.1 Å². The van der Waals surface area contributed by atoms with Crippen LogP contribution in [0.25, 0.3) is 0 Å². The number of unbranched alkanes of at least 4 members (excludes halogenated alkanes) is 4. The SMILES string of the molecule is CCCC[N+](CCCC)(CCCC)CCCC.Cc1cc(C)c([B-](F)(c2ccccc2)c2c(C)cc(C)cc2C)c(C)c1. The first-order valence-corrected chi connectivity index (χ1v) is 17.4. The van der Waals surface area contributed by atoms with Crippen LogP contribution in [0.1, 0.15) is 112 Å². The van der Waals surface area contributed by atoms with E-state index in [1.165, 1.54) is 93.2 Å². The molecule has 0 aliphatic rings. The Labute approximate surface area is 265 Å². The van der Waals surface area contributed by atoms with Crippen LogP contribution in [0.5, 0.6) is 0 Å². The van der Waals surface area contributed by atoms with E-state index in [1.54, 1.807) is 0 Å². The molecule has 0 atom stereocenters. The highest BCUT2D eigenvalue weighted by Crippen LogP contribution is 2.20. The molecule has 0 amide bonds. The molecule has 0 aliphatic heterocycles. The van der Waals surface area contributed by atoms with Crippen molar-refractivity contribution in [2.75, 3.05) is 26.2 Å². The largest absolute Gasteiger partial charge is 0.498 e. The van der Waals surface area contributed by atoms with Gasteiger partial charge in [-0.2, -0.15) is 16.4 Å². The molecule has 0 bridgehead atoms. The fourth-order valence-corrected chi connectivity index (χ4v) is 7.48. The zero-order valence-corrected chi connectivity index (χ0v) is 29.6. The summed E-state index contributed by atoms with van der Waals surface area (Å²) in [5.41, 5.74) is 8.84. The minimum absolute atomic E-state index is 0.748. The maximum Gasteiger partial charge on any atom is 0.235 e. The lowest BCUT2D eigenvalue weighted by Gasteiger charge is -2.41. The lowest BCUT2D eigenvalue weighted by atomic mass is 9.29. The van der Waals surface area contributed by atoms with Gasteiger partial charge >= 0.3 is 0 Å². The van der Waals surface area contributed by atoms with Crippen LogP contribution in [0.4, 0.5) is 4.32 Å². The van der Waals surface area contributed by atoms with E-state index < -0.39 is 6.42 Å². The Morgan fingerprint density at radius 2 is 0.814 bits per heavy atom. The first-order chi connectivity index (χ1) is 20.5. The van der Waals surface area contributed by atoms with Crippen LogP contribution in [0.3, 0.4) is 0 Å². The monoisotopic (exact) mass is 588 g/mol. The van der Waals surface area contributed by atoms with Gasteiger partial charge in [0, 0.05) is 0 Å².